The molecule has 3 aromatic rings. The van der Waals surface area contributed by atoms with Gasteiger partial charge in [0.1, 0.15) is 5.82 Å². The van der Waals surface area contributed by atoms with Gasteiger partial charge in [-0.15, -0.1) is 0 Å². The van der Waals surface area contributed by atoms with Crippen LogP contribution in [0, 0.1) is 20.2 Å². The Morgan fingerprint density at radius 2 is 1.43 bits per heavy atom. The van der Waals surface area contributed by atoms with Gasteiger partial charge in [0, 0.05) is 35.4 Å². The topological polar surface area (TPSA) is 115 Å². The third kappa shape index (κ3) is 2.91. The summed E-state index contributed by atoms with van der Waals surface area (Å²) in [5.41, 5.74) is 1.72. The fraction of sp³-hybridized carbons (Fsp3) is 0. The summed E-state index contributed by atoms with van der Waals surface area (Å²) in [6, 6.07) is 12.2. The summed E-state index contributed by atoms with van der Waals surface area (Å²) in [6.45, 7) is 0. The number of nitro groups is 2. The van der Waals surface area contributed by atoms with Gasteiger partial charge in [0.15, 0.2) is 0 Å². The number of non-ortho nitro benzene ring substituents is 2. The quantitative estimate of drug-likeness (QED) is 0.584. The molecule has 0 atom stereocenters. The van der Waals surface area contributed by atoms with Crippen LogP contribution < -0.4 is 0 Å². The molecule has 3 rings (SSSR count). The first kappa shape index (κ1) is 14.4. The van der Waals surface area contributed by atoms with Crippen LogP contribution >= 0.6 is 0 Å². The van der Waals surface area contributed by atoms with Crippen molar-refractivity contribution < 1.29 is 9.85 Å². The van der Waals surface area contributed by atoms with Crippen molar-refractivity contribution in [1.29, 1.82) is 0 Å². The van der Waals surface area contributed by atoms with Gasteiger partial charge in [-0.25, -0.2) is 4.98 Å². The van der Waals surface area contributed by atoms with Gasteiger partial charge >= 0.3 is 0 Å². The predicted molar refractivity (Wildman–Crippen MR) is 82.8 cm³/mol. The number of aromatic amines is 1. The Labute approximate surface area is 129 Å². The maximum atomic E-state index is 10.8. The van der Waals surface area contributed by atoms with Crippen LogP contribution in [0.5, 0.6) is 0 Å². The summed E-state index contributed by atoms with van der Waals surface area (Å²) in [7, 11) is 0. The van der Waals surface area contributed by atoms with Crippen LogP contribution in [0.25, 0.3) is 22.6 Å². The number of nitrogens with zero attached hydrogens (tertiary/aromatic N) is 3. The number of benzene rings is 2. The maximum absolute atomic E-state index is 10.8. The van der Waals surface area contributed by atoms with Crippen LogP contribution in [-0.4, -0.2) is 19.8 Å². The van der Waals surface area contributed by atoms with Crippen LogP contribution in [0.1, 0.15) is 0 Å². The summed E-state index contributed by atoms with van der Waals surface area (Å²) in [6.07, 6.45) is 1.53. The van der Waals surface area contributed by atoms with Crippen molar-refractivity contribution in [2.24, 2.45) is 0 Å². The molecule has 0 radical (unpaired) electrons. The molecular weight excluding hydrogens is 300 g/mol. The van der Waals surface area contributed by atoms with E-state index in [0.29, 0.717) is 22.6 Å². The molecule has 0 aliphatic heterocycles. The van der Waals surface area contributed by atoms with Gasteiger partial charge in [-0.05, 0) is 0 Å². The van der Waals surface area contributed by atoms with E-state index in [9.17, 15) is 20.2 Å². The molecule has 0 fully saturated rings. The Hall–Kier alpha value is -3.55. The molecule has 1 N–H and O–H groups in total. The van der Waals surface area contributed by atoms with Crippen molar-refractivity contribution in [3.05, 3.63) is 75.0 Å². The lowest BCUT2D eigenvalue weighted by Gasteiger charge is -1.99. The molecule has 0 saturated carbocycles. The fourth-order valence-electron chi connectivity index (χ4n) is 2.17. The first-order valence-electron chi connectivity index (χ1n) is 6.59. The van der Waals surface area contributed by atoms with Crippen LogP contribution in [0.4, 0.5) is 11.4 Å². The van der Waals surface area contributed by atoms with Crippen molar-refractivity contribution in [2.75, 3.05) is 0 Å². The molecule has 8 heteroatoms. The van der Waals surface area contributed by atoms with E-state index in [2.05, 4.69) is 9.97 Å². The number of aromatic nitrogens is 2. The van der Waals surface area contributed by atoms with Gasteiger partial charge in [-0.3, -0.25) is 20.2 Å². The Balaban J connectivity index is 1.97. The number of hydrogen-bond acceptors (Lipinski definition) is 5. The number of H-pyrrole nitrogens is 1. The van der Waals surface area contributed by atoms with Crippen LogP contribution in [0.2, 0.25) is 0 Å². The van der Waals surface area contributed by atoms with Crippen molar-refractivity contribution in [1.82, 2.24) is 9.97 Å². The number of imidazole rings is 1. The lowest BCUT2D eigenvalue weighted by atomic mass is 10.1. The van der Waals surface area contributed by atoms with Gasteiger partial charge < -0.3 is 4.98 Å². The molecular formula is C15H10N4O4. The highest BCUT2D eigenvalue weighted by molar-refractivity contribution is 5.67. The largest absolute Gasteiger partial charge is 0.338 e. The Morgan fingerprint density at radius 3 is 2.04 bits per heavy atom. The third-order valence-corrected chi connectivity index (χ3v) is 3.27. The van der Waals surface area contributed by atoms with Crippen molar-refractivity contribution in [3.63, 3.8) is 0 Å². The van der Waals surface area contributed by atoms with Crippen molar-refractivity contribution >= 4 is 11.4 Å². The van der Waals surface area contributed by atoms with E-state index in [4.69, 9.17) is 0 Å². The Kier molecular flexibility index (Phi) is 3.55. The minimum atomic E-state index is -0.478. The van der Waals surface area contributed by atoms with Crippen LogP contribution in [-0.2, 0) is 0 Å². The molecule has 23 heavy (non-hydrogen) atoms. The second kappa shape index (κ2) is 5.68. The maximum Gasteiger partial charge on any atom is 0.270 e. The molecule has 114 valence electrons. The Morgan fingerprint density at radius 1 is 0.870 bits per heavy atom. The van der Waals surface area contributed by atoms with E-state index in [0.717, 1.165) is 0 Å². The van der Waals surface area contributed by atoms with Crippen molar-refractivity contribution in [3.8, 4) is 22.6 Å². The van der Waals surface area contributed by atoms with Gasteiger partial charge in [-0.1, -0.05) is 24.3 Å². The zero-order valence-electron chi connectivity index (χ0n) is 11.7. The predicted octanol–water partition coefficient (Wildman–Crippen LogP) is 3.56. The molecule has 2 aromatic carbocycles. The summed E-state index contributed by atoms with van der Waals surface area (Å²) in [5.74, 6) is 0.454. The highest BCUT2D eigenvalue weighted by Gasteiger charge is 2.12. The lowest BCUT2D eigenvalue weighted by Crippen LogP contribution is -1.89. The molecule has 0 aliphatic rings. The smallest absolute Gasteiger partial charge is 0.270 e. The molecule has 0 bridgehead atoms. The fourth-order valence-corrected chi connectivity index (χ4v) is 2.17. The SMILES string of the molecule is O=[N+]([O-])c1cccc(-c2cnc(-c3cccc([N+](=O)[O-])c3)[nH]2)c1. The molecule has 0 amide bonds. The zero-order chi connectivity index (χ0) is 16.4. The van der Waals surface area contributed by atoms with Crippen molar-refractivity contribution in [2.45, 2.75) is 0 Å². The molecule has 1 aromatic heterocycles. The molecule has 1 heterocycles. The van der Waals surface area contributed by atoms with E-state index >= 15 is 0 Å². The summed E-state index contributed by atoms with van der Waals surface area (Å²) in [5, 5.41) is 21.7. The average Bonchev–Trinajstić information content (AvgIpc) is 3.05. The normalized spacial score (nSPS) is 10.4. The van der Waals surface area contributed by atoms with E-state index in [1.165, 1.54) is 30.5 Å². The molecule has 8 nitrogen and oxygen atoms in total. The van der Waals surface area contributed by atoms with E-state index in [-0.39, 0.29) is 11.4 Å². The number of nitro benzene ring substituents is 2. The molecule has 0 spiro atoms. The summed E-state index contributed by atoms with van der Waals surface area (Å²) >= 11 is 0. The number of hydrogen-bond donors (Lipinski definition) is 1. The van der Waals surface area contributed by atoms with Crippen LogP contribution in [0.15, 0.2) is 54.7 Å². The van der Waals surface area contributed by atoms with Crippen LogP contribution in [0.3, 0.4) is 0 Å². The average molecular weight is 310 g/mol. The summed E-state index contributed by atoms with van der Waals surface area (Å²) < 4.78 is 0. The highest BCUT2D eigenvalue weighted by Crippen LogP contribution is 2.26. The lowest BCUT2D eigenvalue weighted by molar-refractivity contribution is -0.385. The molecule has 0 aliphatic carbocycles. The summed E-state index contributed by atoms with van der Waals surface area (Å²) in [4.78, 5) is 27.9. The molecule has 0 unspecified atom stereocenters. The van der Waals surface area contributed by atoms with E-state index in [1.807, 2.05) is 0 Å². The number of nitrogens with one attached hydrogen (secondary N) is 1. The van der Waals surface area contributed by atoms with Gasteiger partial charge in [-0.2, -0.15) is 0 Å². The minimum absolute atomic E-state index is 0.0194. The standard InChI is InChI=1S/C15H10N4O4/c20-18(21)12-5-1-3-10(7-12)14-9-16-15(17-14)11-4-2-6-13(8-11)19(22)23/h1-9H,(H,16,17). The van der Waals surface area contributed by atoms with E-state index in [1.54, 1.807) is 24.3 Å². The zero-order valence-corrected chi connectivity index (χ0v) is 11.7. The second-order valence-electron chi connectivity index (χ2n) is 4.76. The second-order valence-corrected chi connectivity index (χ2v) is 4.76. The van der Waals surface area contributed by atoms with Gasteiger partial charge in [0.25, 0.3) is 11.4 Å². The first-order chi connectivity index (χ1) is 11.0. The molecule has 0 saturated heterocycles. The number of rotatable bonds is 4. The first-order valence-corrected chi connectivity index (χ1v) is 6.59. The Bertz CT molecular complexity index is 832. The third-order valence-electron chi connectivity index (χ3n) is 3.27. The van der Waals surface area contributed by atoms with Gasteiger partial charge in [0.05, 0.1) is 21.7 Å². The highest BCUT2D eigenvalue weighted by atomic mass is 16.6. The van der Waals surface area contributed by atoms with E-state index < -0.39 is 9.85 Å². The monoisotopic (exact) mass is 310 g/mol. The minimum Gasteiger partial charge on any atom is -0.338 e. The van der Waals surface area contributed by atoms with Gasteiger partial charge in [0.2, 0.25) is 0 Å².